The molecule has 4 heteroatoms. The van der Waals surface area contributed by atoms with E-state index in [1.54, 1.807) is 0 Å². The molecule has 70 valence electrons. The van der Waals surface area contributed by atoms with Crippen LogP contribution < -0.4 is 5.32 Å². The minimum atomic E-state index is 0.105. The molecule has 1 N–H and O–H groups in total. The zero-order valence-electron chi connectivity index (χ0n) is 7.51. The van der Waals surface area contributed by atoms with E-state index in [4.69, 9.17) is 0 Å². The lowest BCUT2D eigenvalue weighted by molar-refractivity contribution is -0.124. The van der Waals surface area contributed by atoms with Crippen LogP contribution in [0.5, 0.6) is 0 Å². The molecule has 0 radical (unpaired) electrons. The number of amides is 1. The van der Waals surface area contributed by atoms with Crippen LogP contribution in [0.15, 0.2) is 0 Å². The van der Waals surface area contributed by atoms with Crippen molar-refractivity contribution in [3.63, 3.8) is 0 Å². The highest BCUT2D eigenvalue weighted by Gasteiger charge is 2.28. The van der Waals surface area contributed by atoms with Crippen molar-refractivity contribution in [1.82, 2.24) is 8.43 Å². The van der Waals surface area contributed by atoms with Gasteiger partial charge in [0, 0.05) is 35.5 Å². The molecule has 0 aromatic rings. The first kappa shape index (κ1) is 10.2. The van der Waals surface area contributed by atoms with Crippen molar-refractivity contribution in [2.75, 3.05) is 6.54 Å². The first-order chi connectivity index (χ1) is 5.61. The van der Waals surface area contributed by atoms with Crippen molar-refractivity contribution < 1.29 is 4.79 Å². The van der Waals surface area contributed by atoms with Gasteiger partial charge in [0.1, 0.15) is 0 Å². The fourth-order valence-corrected chi connectivity index (χ4v) is 2.24. The van der Waals surface area contributed by atoms with E-state index in [0.29, 0.717) is 0 Å². The van der Waals surface area contributed by atoms with Gasteiger partial charge in [-0.25, -0.2) is 3.11 Å². The highest BCUT2D eigenvalue weighted by molar-refractivity contribution is 14.1. The number of carbonyl (C=O) groups excluding carboxylic acids is 1. The quantitative estimate of drug-likeness (QED) is 0.612. The minimum Gasteiger partial charge on any atom is -0.353 e. The third kappa shape index (κ3) is 2.58. The molecule has 0 unspecified atom stereocenters. The molecule has 0 aromatic heterocycles. The van der Waals surface area contributed by atoms with Crippen molar-refractivity contribution >= 4 is 28.8 Å². The van der Waals surface area contributed by atoms with E-state index in [1.165, 1.54) is 0 Å². The van der Waals surface area contributed by atoms with Crippen LogP contribution in [0.3, 0.4) is 0 Å². The highest BCUT2D eigenvalue weighted by Crippen LogP contribution is 2.20. The Balaban J connectivity index is 2.41. The zero-order chi connectivity index (χ0) is 9.14. The summed E-state index contributed by atoms with van der Waals surface area (Å²) in [6.45, 7) is 5.02. The van der Waals surface area contributed by atoms with E-state index in [2.05, 4.69) is 31.3 Å². The molecule has 1 fully saturated rings. The number of hydrogen-bond donors (Lipinski definition) is 1. The van der Waals surface area contributed by atoms with Gasteiger partial charge in [0.25, 0.3) is 0 Å². The van der Waals surface area contributed by atoms with E-state index >= 15 is 0 Å². The number of carbonyl (C=O) groups is 1. The number of nitrogens with one attached hydrogen (secondary N) is 1. The molecule has 1 aliphatic heterocycles. The highest BCUT2D eigenvalue weighted by atomic mass is 127. The predicted molar refractivity (Wildman–Crippen MR) is 57.0 cm³/mol. The normalized spacial score (nSPS) is 24.8. The summed E-state index contributed by atoms with van der Waals surface area (Å²) >= 11 is 2.23. The lowest BCUT2D eigenvalue weighted by Crippen LogP contribution is -2.42. The Kier molecular flexibility index (Phi) is 3.77. The number of rotatable bonds is 2. The van der Waals surface area contributed by atoms with Gasteiger partial charge in [-0.15, -0.1) is 0 Å². The predicted octanol–water partition coefficient (Wildman–Crippen LogP) is 1.33. The molecule has 12 heavy (non-hydrogen) atoms. The standard InChI is InChI=1S/C8H15IN2O/c1-6(2)10-8(12)7-4-3-5-11(7)9/h6-7H,3-5H2,1-2H3,(H,10,12)/t7-/m1/s1. The fraction of sp³-hybridized carbons (Fsp3) is 0.875. The second kappa shape index (κ2) is 4.41. The van der Waals surface area contributed by atoms with Gasteiger partial charge in [0.2, 0.25) is 5.91 Å². The largest absolute Gasteiger partial charge is 0.353 e. The van der Waals surface area contributed by atoms with E-state index < -0.39 is 0 Å². The minimum absolute atomic E-state index is 0.105. The van der Waals surface area contributed by atoms with Gasteiger partial charge in [-0.2, -0.15) is 0 Å². The van der Waals surface area contributed by atoms with Crippen molar-refractivity contribution in [2.24, 2.45) is 0 Å². The smallest absolute Gasteiger partial charge is 0.238 e. The molecule has 0 saturated carbocycles. The average Bonchev–Trinajstić information content (AvgIpc) is 2.33. The molecule has 1 rings (SSSR count). The van der Waals surface area contributed by atoms with Crippen molar-refractivity contribution in [3.05, 3.63) is 0 Å². The van der Waals surface area contributed by atoms with E-state index in [0.717, 1.165) is 19.4 Å². The maximum Gasteiger partial charge on any atom is 0.238 e. The Hall–Kier alpha value is 0.160. The van der Waals surface area contributed by atoms with Gasteiger partial charge in [-0.3, -0.25) is 4.79 Å². The summed E-state index contributed by atoms with van der Waals surface area (Å²) in [4.78, 5) is 11.5. The number of nitrogens with zero attached hydrogens (tertiary/aromatic N) is 1. The van der Waals surface area contributed by atoms with E-state index in [9.17, 15) is 4.79 Å². The zero-order valence-corrected chi connectivity index (χ0v) is 9.67. The fourth-order valence-electron chi connectivity index (χ4n) is 1.37. The topological polar surface area (TPSA) is 32.3 Å². The van der Waals surface area contributed by atoms with Crippen LogP contribution in [0, 0.1) is 0 Å². The molecule has 3 nitrogen and oxygen atoms in total. The van der Waals surface area contributed by atoms with Crippen LogP contribution in [0.1, 0.15) is 26.7 Å². The summed E-state index contributed by atoms with van der Waals surface area (Å²) in [5, 5.41) is 2.93. The summed E-state index contributed by atoms with van der Waals surface area (Å²) in [6, 6.07) is 0.357. The molecule has 0 aromatic carbocycles. The average molecular weight is 282 g/mol. The number of halogens is 1. The summed E-state index contributed by atoms with van der Waals surface area (Å²) < 4.78 is 2.09. The third-order valence-electron chi connectivity index (χ3n) is 1.92. The molecule has 1 amide bonds. The van der Waals surface area contributed by atoms with Crippen LogP contribution in [-0.2, 0) is 4.79 Å². The van der Waals surface area contributed by atoms with Crippen molar-refractivity contribution in [2.45, 2.75) is 38.8 Å². The van der Waals surface area contributed by atoms with Crippen LogP contribution in [-0.4, -0.2) is 27.6 Å². The Morgan fingerprint density at radius 1 is 1.67 bits per heavy atom. The van der Waals surface area contributed by atoms with Crippen LogP contribution in [0.4, 0.5) is 0 Å². The van der Waals surface area contributed by atoms with Gasteiger partial charge < -0.3 is 5.32 Å². The second-order valence-corrected chi connectivity index (χ2v) is 4.68. The van der Waals surface area contributed by atoms with E-state index in [-0.39, 0.29) is 18.0 Å². The van der Waals surface area contributed by atoms with Crippen LogP contribution in [0.25, 0.3) is 0 Å². The summed E-state index contributed by atoms with van der Waals surface area (Å²) in [6.07, 6.45) is 2.14. The Morgan fingerprint density at radius 3 is 2.75 bits per heavy atom. The van der Waals surface area contributed by atoms with Gasteiger partial charge in [-0.1, -0.05) is 0 Å². The molecular formula is C8H15IN2O. The SMILES string of the molecule is CC(C)NC(=O)[C@H]1CCCN1I. The van der Waals surface area contributed by atoms with Crippen LogP contribution >= 0.6 is 22.9 Å². The van der Waals surface area contributed by atoms with E-state index in [1.807, 2.05) is 13.8 Å². The summed E-state index contributed by atoms with van der Waals surface area (Å²) in [5.74, 6) is 0.178. The van der Waals surface area contributed by atoms with Crippen molar-refractivity contribution in [1.29, 1.82) is 0 Å². The molecule has 1 aliphatic rings. The lowest BCUT2D eigenvalue weighted by atomic mass is 10.2. The first-order valence-corrected chi connectivity index (χ1v) is 5.30. The first-order valence-electron chi connectivity index (χ1n) is 4.34. The third-order valence-corrected chi connectivity index (χ3v) is 3.08. The second-order valence-electron chi connectivity index (χ2n) is 3.44. The van der Waals surface area contributed by atoms with Crippen LogP contribution in [0.2, 0.25) is 0 Å². The van der Waals surface area contributed by atoms with Crippen molar-refractivity contribution in [3.8, 4) is 0 Å². The Bertz CT molecular complexity index is 172. The maximum absolute atomic E-state index is 11.5. The molecule has 0 bridgehead atoms. The Labute approximate surface area is 87.4 Å². The van der Waals surface area contributed by atoms with Gasteiger partial charge in [0.15, 0.2) is 0 Å². The van der Waals surface area contributed by atoms with Gasteiger partial charge in [-0.05, 0) is 26.7 Å². The summed E-state index contributed by atoms with van der Waals surface area (Å²) in [5.41, 5.74) is 0. The summed E-state index contributed by atoms with van der Waals surface area (Å²) in [7, 11) is 0. The maximum atomic E-state index is 11.5. The molecule has 1 atom stereocenters. The van der Waals surface area contributed by atoms with Gasteiger partial charge in [0.05, 0.1) is 6.04 Å². The monoisotopic (exact) mass is 282 g/mol. The lowest BCUT2D eigenvalue weighted by Gasteiger charge is -2.18. The molecular weight excluding hydrogens is 267 g/mol. The molecule has 0 aliphatic carbocycles. The van der Waals surface area contributed by atoms with Gasteiger partial charge >= 0.3 is 0 Å². The Morgan fingerprint density at radius 2 is 2.33 bits per heavy atom. The number of hydrogen-bond acceptors (Lipinski definition) is 2. The molecule has 0 spiro atoms. The molecule has 1 saturated heterocycles. The molecule has 1 heterocycles.